The van der Waals surface area contributed by atoms with E-state index in [2.05, 4.69) is 4.72 Å². The molecule has 92 valence electrons. The molecule has 0 aliphatic heterocycles. The van der Waals surface area contributed by atoms with Crippen LogP contribution in [0.5, 0.6) is 0 Å². The summed E-state index contributed by atoms with van der Waals surface area (Å²) in [6.07, 6.45) is 1.39. The summed E-state index contributed by atoms with van der Waals surface area (Å²) in [6.45, 7) is 5.26. The highest BCUT2D eigenvalue weighted by molar-refractivity contribution is 7.89. The van der Waals surface area contributed by atoms with Crippen LogP contribution in [0.4, 0.5) is 5.82 Å². The minimum atomic E-state index is -3.63. The zero-order valence-corrected chi connectivity index (χ0v) is 11.3. The third kappa shape index (κ3) is 2.69. The summed E-state index contributed by atoms with van der Waals surface area (Å²) in [5.41, 5.74) is 5.04. The fourth-order valence-corrected chi connectivity index (χ4v) is 3.27. The number of nitrogens with zero attached hydrogens (tertiary/aromatic N) is 1. The molecule has 0 bridgehead atoms. The Morgan fingerprint density at radius 1 is 1.44 bits per heavy atom. The molecule has 0 spiro atoms. The molecule has 1 aromatic heterocycles. The van der Waals surface area contributed by atoms with Gasteiger partial charge in [-0.05, 0) is 20.8 Å². The molecule has 1 aromatic rings. The number of nitrogen functional groups attached to an aromatic ring is 1. The van der Waals surface area contributed by atoms with Crippen molar-refractivity contribution in [3.05, 3.63) is 11.2 Å². The van der Waals surface area contributed by atoms with Crippen LogP contribution in [-0.2, 0) is 17.1 Å². The summed E-state index contributed by atoms with van der Waals surface area (Å²) < 4.78 is 27.9. The Kier molecular flexibility index (Phi) is 3.29. The molecule has 0 saturated heterocycles. The molecule has 16 heavy (non-hydrogen) atoms. The highest BCUT2D eigenvalue weighted by atomic mass is 35.5. The van der Waals surface area contributed by atoms with Crippen molar-refractivity contribution in [1.82, 2.24) is 9.29 Å². The van der Waals surface area contributed by atoms with Gasteiger partial charge in [0, 0.05) is 18.8 Å². The molecule has 0 radical (unpaired) electrons. The second-order valence-corrected chi connectivity index (χ2v) is 6.69. The van der Waals surface area contributed by atoms with Crippen LogP contribution < -0.4 is 10.5 Å². The number of nitrogens with one attached hydrogen (secondary N) is 1. The van der Waals surface area contributed by atoms with Gasteiger partial charge in [0.15, 0.2) is 0 Å². The fourth-order valence-electron chi connectivity index (χ4n) is 1.23. The molecular formula is C9H16ClN3O2S. The standard InChI is InChI=1S/C9H16ClN3O2S/c1-9(2,3)12-16(14,15)6-5-13(4)8(11)7(6)10/h5,12H,11H2,1-4H3. The zero-order chi connectivity index (χ0) is 12.7. The van der Waals surface area contributed by atoms with Crippen molar-refractivity contribution in [2.75, 3.05) is 5.73 Å². The number of hydrogen-bond acceptors (Lipinski definition) is 3. The molecule has 1 rings (SSSR count). The van der Waals surface area contributed by atoms with Gasteiger partial charge in [-0.1, -0.05) is 11.6 Å². The second-order valence-electron chi connectivity index (χ2n) is 4.66. The predicted octanol–water partition coefficient (Wildman–Crippen LogP) is 1.34. The van der Waals surface area contributed by atoms with Crippen molar-refractivity contribution in [3.8, 4) is 0 Å². The number of aromatic nitrogens is 1. The quantitative estimate of drug-likeness (QED) is 0.847. The minimum Gasteiger partial charge on any atom is -0.384 e. The molecule has 0 aliphatic carbocycles. The van der Waals surface area contributed by atoms with Crippen LogP contribution >= 0.6 is 11.6 Å². The van der Waals surface area contributed by atoms with E-state index in [1.807, 2.05) is 0 Å². The van der Waals surface area contributed by atoms with E-state index in [0.717, 1.165) is 0 Å². The van der Waals surface area contributed by atoms with Crippen LogP contribution in [0.3, 0.4) is 0 Å². The molecule has 1 heterocycles. The van der Waals surface area contributed by atoms with E-state index in [0.29, 0.717) is 0 Å². The van der Waals surface area contributed by atoms with E-state index in [4.69, 9.17) is 17.3 Å². The maximum Gasteiger partial charge on any atom is 0.244 e. The fraction of sp³-hybridized carbons (Fsp3) is 0.556. The lowest BCUT2D eigenvalue weighted by molar-refractivity contribution is 0.491. The number of rotatable bonds is 2. The summed E-state index contributed by atoms with van der Waals surface area (Å²) in [5.74, 6) is 0.232. The van der Waals surface area contributed by atoms with Crippen LogP contribution in [0, 0.1) is 0 Å². The second kappa shape index (κ2) is 3.94. The van der Waals surface area contributed by atoms with Crippen molar-refractivity contribution in [2.24, 2.45) is 7.05 Å². The molecule has 0 unspecified atom stereocenters. The van der Waals surface area contributed by atoms with E-state index in [9.17, 15) is 8.42 Å². The number of hydrogen-bond donors (Lipinski definition) is 2. The topological polar surface area (TPSA) is 77.1 Å². The SMILES string of the molecule is Cn1cc(S(=O)(=O)NC(C)(C)C)c(Cl)c1N. The average molecular weight is 266 g/mol. The number of sulfonamides is 1. The molecule has 0 aromatic carbocycles. The summed E-state index contributed by atoms with van der Waals surface area (Å²) in [4.78, 5) is 0.00379. The Hall–Kier alpha value is -0.720. The van der Waals surface area contributed by atoms with Gasteiger partial charge in [0.1, 0.15) is 15.7 Å². The third-order valence-electron chi connectivity index (χ3n) is 1.86. The highest BCUT2D eigenvalue weighted by Gasteiger charge is 2.26. The van der Waals surface area contributed by atoms with Crippen molar-refractivity contribution >= 4 is 27.4 Å². The Balaban J connectivity index is 3.24. The summed E-state index contributed by atoms with van der Waals surface area (Å²) in [5, 5.41) is 0.0549. The minimum absolute atomic E-state index is 0.00379. The predicted molar refractivity (Wildman–Crippen MR) is 64.9 cm³/mol. The first-order valence-electron chi connectivity index (χ1n) is 4.69. The van der Waals surface area contributed by atoms with Crippen LogP contribution in [0.25, 0.3) is 0 Å². The number of nitrogens with two attached hydrogens (primary N) is 1. The Morgan fingerprint density at radius 3 is 2.25 bits per heavy atom. The Morgan fingerprint density at radius 2 is 1.94 bits per heavy atom. The van der Waals surface area contributed by atoms with Gasteiger partial charge in [-0.25, -0.2) is 13.1 Å². The first-order chi connectivity index (χ1) is 7.04. The molecule has 0 atom stereocenters. The van der Waals surface area contributed by atoms with Gasteiger partial charge in [0.05, 0.1) is 0 Å². The van der Waals surface area contributed by atoms with E-state index in [1.165, 1.54) is 10.8 Å². The summed E-state index contributed by atoms with van der Waals surface area (Å²) >= 11 is 5.86. The molecule has 3 N–H and O–H groups in total. The molecule has 0 amide bonds. The van der Waals surface area contributed by atoms with Gasteiger partial charge in [-0.2, -0.15) is 0 Å². The first kappa shape index (κ1) is 13.3. The van der Waals surface area contributed by atoms with Crippen LogP contribution in [0.2, 0.25) is 5.02 Å². The van der Waals surface area contributed by atoms with Crippen LogP contribution in [-0.4, -0.2) is 18.5 Å². The third-order valence-corrected chi connectivity index (χ3v) is 4.14. The average Bonchev–Trinajstić information content (AvgIpc) is 2.29. The van der Waals surface area contributed by atoms with Crippen molar-refractivity contribution in [1.29, 1.82) is 0 Å². The van der Waals surface area contributed by atoms with Gasteiger partial charge >= 0.3 is 0 Å². The monoisotopic (exact) mass is 265 g/mol. The van der Waals surface area contributed by atoms with Crippen molar-refractivity contribution < 1.29 is 8.42 Å². The molecule has 7 heteroatoms. The Bertz CT molecular complexity index is 500. The van der Waals surface area contributed by atoms with Crippen LogP contribution in [0.1, 0.15) is 20.8 Å². The maximum absolute atomic E-state index is 12.0. The lowest BCUT2D eigenvalue weighted by Gasteiger charge is -2.19. The van der Waals surface area contributed by atoms with Gasteiger partial charge in [0.2, 0.25) is 10.0 Å². The molecular weight excluding hydrogens is 250 g/mol. The largest absolute Gasteiger partial charge is 0.384 e. The zero-order valence-electron chi connectivity index (χ0n) is 9.70. The van der Waals surface area contributed by atoms with Gasteiger partial charge < -0.3 is 10.3 Å². The first-order valence-corrected chi connectivity index (χ1v) is 6.55. The van der Waals surface area contributed by atoms with Gasteiger partial charge in [0.25, 0.3) is 0 Å². The van der Waals surface area contributed by atoms with E-state index in [1.54, 1.807) is 27.8 Å². The van der Waals surface area contributed by atoms with E-state index < -0.39 is 15.6 Å². The summed E-state index contributed by atoms with van der Waals surface area (Å²) in [7, 11) is -2.00. The number of anilines is 1. The van der Waals surface area contributed by atoms with Crippen molar-refractivity contribution in [3.63, 3.8) is 0 Å². The number of aryl methyl sites for hydroxylation is 1. The summed E-state index contributed by atoms with van der Waals surface area (Å²) in [6, 6.07) is 0. The smallest absolute Gasteiger partial charge is 0.244 e. The molecule has 0 aliphatic rings. The molecule has 0 fully saturated rings. The normalized spacial score (nSPS) is 13.1. The molecule has 5 nitrogen and oxygen atoms in total. The maximum atomic E-state index is 12.0. The van der Waals surface area contributed by atoms with E-state index in [-0.39, 0.29) is 15.7 Å². The van der Waals surface area contributed by atoms with E-state index >= 15 is 0 Å². The van der Waals surface area contributed by atoms with Crippen LogP contribution in [0.15, 0.2) is 11.1 Å². The lowest BCUT2D eigenvalue weighted by Crippen LogP contribution is -2.40. The van der Waals surface area contributed by atoms with Gasteiger partial charge in [-0.15, -0.1) is 0 Å². The highest BCUT2D eigenvalue weighted by Crippen LogP contribution is 2.29. The molecule has 0 saturated carbocycles. The number of halogens is 1. The van der Waals surface area contributed by atoms with Crippen molar-refractivity contribution in [2.45, 2.75) is 31.2 Å². The lowest BCUT2D eigenvalue weighted by atomic mass is 10.1. The Labute approximate surface area is 101 Å². The van der Waals surface area contributed by atoms with Gasteiger partial charge in [-0.3, -0.25) is 0 Å².